The second kappa shape index (κ2) is 4.39. The maximum absolute atomic E-state index is 5.85. The highest BCUT2D eigenvalue weighted by atomic mass is 32.1. The van der Waals surface area contributed by atoms with Crippen LogP contribution >= 0.6 is 11.5 Å². The molecule has 0 aliphatic carbocycles. The fourth-order valence-corrected chi connectivity index (χ4v) is 2.31. The Morgan fingerprint density at radius 3 is 2.79 bits per heavy atom. The van der Waals surface area contributed by atoms with Crippen molar-refractivity contribution < 1.29 is 4.52 Å². The summed E-state index contributed by atoms with van der Waals surface area (Å²) in [5.41, 5.74) is 7.92. The van der Waals surface area contributed by atoms with Gasteiger partial charge in [-0.1, -0.05) is 5.16 Å². The first-order valence-electron chi connectivity index (χ1n) is 5.51. The Balaban J connectivity index is 2.05. The SMILES string of the molecule is Cc1nccc(-c2noc(-c3c(C)nsc3N)n2)n1. The van der Waals surface area contributed by atoms with Gasteiger partial charge in [0.2, 0.25) is 5.82 Å². The minimum absolute atomic E-state index is 0.356. The molecule has 0 aromatic carbocycles. The van der Waals surface area contributed by atoms with Gasteiger partial charge in [-0.25, -0.2) is 9.97 Å². The van der Waals surface area contributed by atoms with E-state index in [2.05, 4.69) is 24.5 Å². The van der Waals surface area contributed by atoms with Crippen LogP contribution in [0.25, 0.3) is 23.0 Å². The molecule has 0 aliphatic heterocycles. The first-order chi connectivity index (χ1) is 9.15. The van der Waals surface area contributed by atoms with Crippen LogP contribution in [0.5, 0.6) is 0 Å². The molecule has 0 atom stereocenters. The fraction of sp³-hybridized carbons (Fsp3) is 0.182. The number of rotatable bonds is 2. The molecule has 19 heavy (non-hydrogen) atoms. The monoisotopic (exact) mass is 274 g/mol. The predicted octanol–water partition coefficient (Wildman–Crippen LogP) is 1.85. The molecule has 3 aromatic heterocycles. The van der Waals surface area contributed by atoms with Gasteiger partial charge in [0.05, 0.1) is 11.3 Å². The molecule has 0 saturated carbocycles. The van der Waals surface area contributed by atoms with Crippen molar-refractivity contribution in [1.29, 1.82) is 0 Å². The lowest BCUT2D eigenvalue weighted by Gasteiger charge is -1.94. The zero-order valence-corrected chi connectivity index (χ0v) is 11.1. The molecule has 8 heteroatoms. The zero-order valence-electron chi connectivity index (χ0n) is 10.3. The van der Waals surface area contributed by atoms with Gasteiger partial charge in [-0.2, -0.15) is 9.36 Å². The van der Waals surface area contributed by atoms with Crippen molar-refractivity contribution in [2.45, 2.75) is 13.8 Å². The van der Waals surface area contributed by atoms with Crippen molar-refractivity contribution in [2.75, 3.05) is 5.73 Å². The van der Waals surface area contributed by atoms with E-state index in [1.807, 2.05) is 6.92 Å². The topological polar surface area (TPSA) is 104 Å². The summed E-state index contributed by atoms with van der Waals surface area (Å²) < 4.78 is 9.38. The summed E-state index contributed by atoms with van der Waals surface area (Å²) in [5, 5.41) is 4.47. The van der Waals surface area contributed by atoms with Crippen LogP contribution in [0.2, 0.25) is 0 Å². The van der Waals surface area contributed by atoms with Gasteiger partial charge < -0.3 is 10.3 Å². The smallest absolute Gasteiger partial charge is 0.263 e. The van der Waals surface area contributed by atoms with Gasteiger partial charge in [-0.3, -0.25) is 0 Å². The second-order valence-corrected chi connectivity index (χ2v) is 4.72. The van der Waals surface area contributed by atoms with E-state index in [9.17, 15) is 0 Å². The molecule has 0 saturated heterocycles. The Labute approximate surface area is 112 Å². The van der Waals surface area contributed by atoms with Crippen LogP contribution in [-0.2, 0) is 0 Å². The maximum atomic E-state index is 5.85. The third kappa shape index (κ3) is 2.06. The summed E-state index contributed by atoms with van der Waals surface area (Å²) in [5.74, 6) is 1.41. The van der Waals surface area contributed by atoms with E-state index in [0.29, 0.717) is 33.8 Å². The summed E-state index contributed by atoms with van der Waals surface area (Å²) in [4.78, 5) is 12.6. The molecule has 0 bridgehead atoms. The molecule has 3 rings (SSSR count). The van der Waals surface area contributed by atoms with Crippen LogP contribution in [0, 0.1) is 13.8 Å². The van der Waals surface area contributed by atoms with Gasteiger partial charge in [-0.05, 0) is 31.4 Å². The van der Waals surface area contributed by atoms with E-state index in [0.717, 1.165) is 5.69 Å². The number of aryl methyl sites for hydroxylation is 2. The largest absolute Gasteiger partial charge is 0.389 e. The van der Waals surface area contributed by atoms with Gasteiger partial charge >= 0.3 is 0 Å². The summed E-state index contributed by atoms with van der Waals surface area (Å²) >= 11 is 1.21. The highest BCUT2D eigenvalue weighted by Gasteiger charge is 2.18. The Kier molecular flexibility index (Phi) is 2.71. The molecule has 0 radical (unpaired) electrons. The summed E-state index contributed by atoms with van der Waals surface area (Å²) in [7, 11) is 0. The van der Waals surface area contributed by atoms with Crippen molar-refractivity contribution in [3.63, 3.8) is 0 Å². The Hall–Kier alpha value is -2.35. The average Bonchev–Trinajstić information content (AvgIpc) is 2.97. The van der Waals surface area contributed by atoms with Crippen LogP contribution in [0.3, 0.4) is 0 Å². The average molecular weight is 274 g/mol. The number of nitrogen functional groups attached to an aromatic ring is 1. The number of hydrogen-bond acceptors (Lipinski definition) is 8. The van der Waals surface area contributed by atoms with Crippen molar-refractivity contribution in [3.05, 3.63) is 23.8 Å². The minimum atomic E-state index is 0.356. The summed E-state index contributed by atoms with van der Waals surface area (Å²) in [6, 6.07) is 1.73. The molecule has 0 amide bonds. The molecule has 96 valence electrons. The number of nitrogens with two attached hydrogens (primary N) is 1. The van der Waals surface area contributed by atoms with Gasteiger partial charge in [0.1, 0.15) is 16.5 Å². The van der Waals surface area contributed by atoms with Crippen LogP contribution in [0.4, 0.5) is 5.00 Å². The molecular formula is C11H10N6OS. The van der Waals surface area contributed by atoms with Gasteiger partial charge in [0, 0.05) is 6.20 Å². The van der Waals surface area contributed by atoms with Crippen molar-refractivity contribution in [1.82, 2.24) is 24.5 Å². The minimum Gasteiger partial charge on any atom is -0.389 e. The maximum Gasteiger partial charge on any atom is 0.263 e. The lowest BCUT2D eigenvalue weighted by Crippen LogP contribution is -1.91. The standard InChI is InChI=1S/C11H10N6OS/c1-5-8(9(12)19-17-5)11-15-10(16-18-11)7-3-4-13-6(2)14-7/h3-4H,12H2,1-2H3. The molecule has 0 fully saturated rings. The van der Waals surface area contributed by atoms with Crippen LogP contribution in [-0.4, -0.2) is 24.5 Å². The van der Waals surface area contributed by atoms with E-state index >= 15 is 0 Å². The highest BCUT2D eigenvalue weighted by Crippen LogP contribution is 2.31. The van der Waals surface area contributed by atoms with Crippen LogP contribution < -0.4 is 5.73 Å². The van der Waals surface area contributed by atoms with Gasteiger partial charge in [0.25, 0.3) is 5.89 Å². The van der Waals surface area contributed by atoms with E-state index in [1.54, 1.807) is 19.2 Å². The lowest BCUT2D eigenvalue weighted by atomic mass is 10.2. The van der Waals surface area contributed by atoms with E-state index in [-0.39, 0.29) is 0 Å². The van der Waals surface area contributed by atoms with Crippen molar-refractivity contribution in [2.24, 2.45) is 0 Å². The number of anilines is 1. The van der Waals surface area contributed by atoms with Crippen molar-refractivity contribution >= 4 is 16.5 Å². The quantitative estimate of drug-likeness (QED) is 0.760. The highest BCUT2D eigenvalue weighted by molar-refractivity contribution is 7.10. The van der Waals surface area contributed by atoms with Gasteiger partial charge in [-0.15, -0.1) is 0 Å². The Morgan fingerprint density at radius 2 is 2.11 bits per heavy atom. The molecule has 2 N–H and O–H groups in total. The third-order valence-corrected chi connectivity index (χ3v) is 3.30. The molecule has 0 spiro atoms. The van der Waals surface area contributed by atoms with E-state index < -0.39 is 0 Å². The van der Waals surface area contributed by atoms with Crippen LogP contribution in [0.15, 0.2) is 16.8 Å². The molecular weight excluding hydrogens is 264 g/mol. The number of nitrogens with zero attached hydrogens (tertiary/aromatic N) is 5. The number of aromatic nitrogens is 5. The first-order valence-corrected chi connectivity index (χ1v) is 6.28. The summed E-state index contributed by atoms with van der Waals surface area (Å²) in [6.07, 6.45) is 1.65. The molecule has 7 nitrogen and oxygen atoms in total. The normalized spacial score (nSPS) is 10.8. The predicted molar refractivity (Wildman–Crippen MR) is 70.3 cm³/mol. The second-order valence-electron chi connectivity index (χ2n) is 3.92. The fourth-order valence-electron chi connectivity index (χ4n) is 1.66. The first kappa shape index (κ1) is 11.7. The van der Waals surface area contributed by atoms with E-state index in [1.165, 1.54) is 11.5 Å². The number of hydrogen-bond donors (Lipinski definition) is 1. The Bertz CT molecular complexity index is 715. The molecule has 3 heterocycles. The Morgan fingerprint density at radius 1 is 1.26 bits per heavy atom. The van der Waals surface area contributed by atoms with Crippen molar-refractivity contribution in [3.8, 4) is 23.0 Å². The molecule has 3 aromatic rings. The summed E-state index contributed by atoms with van der Waals surface area (Å²) in [6.45, 7) is 3.65. The molecule has 0 aliphatic rings. The third-order valence-electron chi connectivity index (χ3n) is 2.53. The lowest BCUT2D eigenvalue weighted by molar-refractivity contribution is 0.432. The molecule has 0 unspecified atom stereocenters. The van der Waals surface area contributed by atoms with E-state index in [4.69, 9.17) is 10.3 Å². The van der Waals surface area contributed by atoms with Gasteiger partial charge in [0.15, 0.2) is 0 Å². The van der Waals surface area contributed by atoms with Crippen LogP contribution in [0.1, 0.15) is 11.5 Å². The zero-order chi connectivity index (χ0) is 13.4.